The Hall–Kier alpha value is -6.25. The van der Waals surface area contributed by atoms with E-state index in [1.165, 1.54) is 21.8 Å². The van der Waals surface area contributed by atoms with Gasteiger partial charge in [-0.3, -0.25) is 0 Å². The molecule has 0 amide bonds. The van der Waals surface area contributed by atoms with Crippen LogP contribution in [0.3, 0.4) is 0 Å². The number of aromatic amines is 1. The monoisotopic (exact) mass is 915 g/mol. The highest BCUT2D eigenvalue weighted by Crippen LogP contribution is 2.30. The van der Waals surface area contributed by atoms with Gasteiger partial charge in [0, 0.05) is 10.9 Å². The van der Waals surface area contributed by atoms with Crippen molar-refractivity contribution in [3.63, 3.8) is 0 Å². The lowest BCUT2D eigenvalue weighted by Gasteiger charge is -2.07. The molecular weight excluding hydrogens is 884 g/mol. The molecule has 292 valence electrons. The number of aromatic nitrogens is 1. The van der Waals surface area contributed by atoms with Gasteiger partial charge >= 0.3 is 21.2 Å². The minimum Gasteiger partial charge on any atom is -0.545 e. The van der Waals surface area contributed by atoms with Crippen molar-refractivity contribution in [1.82, 2.24) is 4.98 Å². The lowest BCUT2D eigenvalue weighted by Crippen LogP contribution is -3.61. The molecule has 0 radical (unpaired) electrons. The van der Waals surface area contributed by atoms with E-state index in [-0.39, 0.29) is 37.8 Å². The summed E-state index contributed by atoms with van der Waals surface area (Å²) >= 11 is 0.0287. The van der Waals surface area contributed by atoms with Crippen LogP contribution in [0.5, 0.6) is 0 Å². The van der Waals surface area contributed by atoms with Gasteiger partial charge in [0.15, 0.2) is 45.1 Å². The SMILES string of the molecule is O=C([O-])c1c(F)c(F)c(F)c(F)c1F.O=C([O-])c1cc2ccccc2[nH]1.c1ccc([I+]c2ccccc2)cc1.c1ccc([S+](c2ccccc2)c2ccccc2)cc1. The van der Waals surface area contributed by atoms with Gasteiger partial charge < -0.3 is 24.8 Å². The lowest BCUT2D eigenvalue weighted by atomic mass is 10.1. The zero-order chi connectivity index (χ0) is 41.4. The van der Waals surface area contributed by atoms with Crippen LogP contribution >= 0.6 is 0 Å². The van der Waals surface area contributed by atoms with E-state index in [1.54, 1.807) is 6.07 Å². The van der Waals surface area contributed by atoms with Crippen LogP contribution in [-0.4, -0.2) is 16.9 Å². The Labute approximate surface area is 344 Å². The van der Waals surface area contributed by atoms with Gasteiger partial charge in [-0.1, -0.05) is 109 Å². The fourth-order valence-corrected chi connectivity index (χ4v) is 9.50. The number of rotatable bonds is 7. The van der Waals surface area contributed by atoms with Gasteiger partial charge in [-0.2, -0.15) is 0 Å². The molecule has 12 heteroatoms. The number of fused-ring (bicyclic) bond motifs is 1. The van der Waals surface area contributed by atoms with Gasteiger partial charge in [0.25, 0.3) is 0 Å². The predicted molar refractivity (Wildman–Crippen MR) is 205 cm³/mol. The molecule has 0 aliphatic heterocycles. The summed E-state index contributed by atoms with van der Waals surface area (Å²) in [6, 6.07) is 62.5. The summed E-state index contributed by atoms with van der Waals surface area (Å²) < 4.78 is 64.9. The number of carbonyl (C=O) groups excluding carboxylic acids is 2. The largest absolute Gasteiger partial charge is 0.545 e. The van der Waals surface area contributed by atoms with Crippen LogP contribution in [0.4, 0.5) is 22.0 Å². The molecule has 0 aliphatic carbocycles. The van der Waals surface area contributed by atoms with E-state index < -0.39 is 46.6 Å². The molecule has 0 atom stereocenters. The molecule has 0 aliphatic rings. The lowest BCUT2D eigenvalue weighted by molar-refractivity contribution is -0.597. The Morgan fingerprint density at radius 2 is 0.793 bits per heavy atom. The quantitative estimate of drug-likeness (QED) is 0.0712. The molecule has 58 heavy (non-hydrogen) atoms. The standard InChI is InChI=1S/C18H15S.C12H10I.C9H7NO2.C7HF5O2/c1-4-10-16(11-5-1)19(17-12-6-2-7-13-17)18-14-8-3-9-15-18;1-3-7-11(8-4-1)13-12-9-5-2-6-10-12;11-9(12)8-5-6-3-1-2-4-7(6)10-8;8-2-1(7(13)14)3(9)5(11)6(12)4(2)10/h1-15H;1-10H;1-5,10H,(H,11,12);(H,13,14)/q2*+1;;/p-2. The second kappa shape index (κ2) is 21.3. The Balaban J connectivity index is 0.000000150. The summed E-state index contributed by atoms with van der Waals surface area (Å²) in [7, 11) is -0.0146. The summed E-state index contributed by atoms with van der Waals surface area (Å²) in [5.41, 5.74) is -1.03. The number of benzene rings is 7. The third-order valence-electron chi connectivity index (χ3n) is 7.78. The van der Waals surface area contributed by atoms with Crippen molar-refractivity contribution in [1.29, 1.82) is 0 Å². The molecule has 8 rings (SSSR count). The number of nitrogens with one attached hydrogen (secondary N) is 1. The molecule has 7 aromatic carbocycles. The molecule has 8 aromatic rings. The first-order chi connectivity index (χ1) is 28.0. The minimum absolute atomic E-state index is 0.0146. The number of carbonyl (C=O) groups is 2. The molecular formula is C46H31F5INO4S. The summed E-state index contributed by atoms with van der Waals surface area (Å²) in [5, 5.41) is 21.3. The van der Waals surface area contributed by atoms with Crippen molar-refractivity contribution < 1.29 is 63.0 Å². The molecule has 0 spiro atoms. The fraction of sp³-hybridized carbons (Fsp3) is 0. The maximum atomic E-state index is 12.5. The highest BCUT2D eigenvalue weighted by Gasteiger charge is 2.28. The third kappa shape index (κ3) is 11.6. The van der Waals surface area contributed by atoms with Gasteiger partial charge in [0.05, 0.1) is 34.1 Å². The van der Waals surface area contributed by atoms with Crippen molar-refractivity contribution >= 4 is 33.7 Å². The number of hydrogen-bond donors (Lipinski definition) is 1. The smallest absolute Gasteiger partial charge is 0.357 e. The Morgan fingerprint density at radius 1 is 0.448 bits per heavy atom. The first-order valence-electron chi connectivity index (χ1n) is 17.2. The maximum Gasteiger partial charge on any atom is 0.357 e. The Morgan fingerprint density at radius 3 is 1.16 bits per heavy atom. The average Bonchev–Trinajstić information content (AvgIpc) is 3.70. The van der Waals surface area contributed by atoms with Gasteiger partial charge in [0.2, 0.25) is 5.82 Å². The highest BCUT2D eigenvalue weighted by molar-refractivity contribution is 7.97. The predicted octanol–water partition coefficient (Wildman–Crippen LogP) is 5.87. The van der Waals surface area contributed by atoms with E-state index in [4.69, 9.17) is 0 Å². The Kier molecular flexibility index (Phi) is 15.8. The van der Waals surface area contributed by atoms with Crippen molar-refractivity contribution in [3.05, 3.63) is 229 Å². The van der Waals surface area contributed by atoms with E-state index in [0.717, 1.165) is 10.9 Å². The van der Waals surface area contributed by atoms with Gasteiger partial charge in [-0.05, 0) is 72.8 Å². The summed E-state index contributed by atoms with van der Waals surface area (Å²) in [4.78, 5) is 27.3. The topological polar surface area (TPSA) is 96.0 Å². The number of aromatic carboxylic acids is 2. The van der Waals surface area contributed by atoms with Gasteiger partial charge in [0.1, 0.15) is 0 Å². The summed E-state index contributed by atoms with van der Waals surface area (Å²) in [6.07, 6.45) is 0. The van der Waals surface area contributed by atoms with E-state index in [0.29, 0.717) is 0 Å². The van der Waals surface area contributed by atoms with E-state index in [1.807, 2.05) is 24.3 Å². The van der Waals surface area contributed by atoms with Crippen LogP contribution in [0.2, 0.25) is 0 Å². The normalized spacial score (nSPS) is 10.3. The molecule has 5 nitrogen and oxygen atoms in total. The number of carboxylic acid groups (broad SMARTS) is 2. The number of halogens is 6. The van der Waals surface area contributed by atoms with E-state index in [9.17, 15) is 41.8 Å². The van der Waals surface area contributed by atoms with Crippen molar-refractivity contribution in [3.8, 4) is 0 Å². The maximum absolute atomic E-state index is 12.5. The molecule has 1 aromatic heterocycles. The molecule has 0 unspecified atom stereocenters. The van der Waals surface area contributed by atoms with Crippen LogP contribution in [0, 0.1) is 36.2 Å². The molecule has 0 bridgehead atoms. The Bertz CT molecular complexity index is 2360. The second-order valence-corrected chi connectivity index (χ2v) is 16.8. The van der Waals surface area contributed by atoms with Gasteiger partial charge in [-0.15, -0.1) is 0 Å². The second-order valence-electron chi connectivity index (χ2n) is 11.7. The van der Waals surface area contributed by atoms with E-state index in [2.05, 4.69) is 157 Å². The third-order valence-corrected chi connectivity index (χ3v) is 12.7. The molecule has 1 N–H and O–H groups in total. The van der Waals surface area contributed by atoms with Crippen molar-refractivity contribution in [2.75, 3.05) is 0 Å². The van der Waals surface area contributed by atoms with Crippen LogP contribution in [0.1, 0.15) is 20.8 Å². The van der Waals surface area contributed by atoms with Gasteiger partial charge in [-0.25, -0.2) is 22.0 Å². The first kappa shape index (κ1) is 42.9. The zero-order valence-electron chi connectivity index (χ0n) is 30.1. The molecule has 0 fully saturated rings. The number of hydrogen-bond acceptors (Lipinski definition) is 4. The zero-order valence-corrected chi connectivity index (χ0v) is 33.1. The fourth-order valence-electron chi connectivity index (χ4n) is 5.13. The molecule has 1 heterocycles. The van der Waals surface area contributed by atoms with Crippen LogP contribution in [0.25, 0.3) is 10.9 Å². The van der Waals surface area contributed by atoms with Crippen LogP contribution < -0.4 is 31.4 Å². The summed E-state index contributed by atoms with van der Waals surface area (Å²) in [6.45, 7) is 0. The number of para-hydroxylation sites is 1. The molecule has 0 saturated heterocycles. The number of H-pyrrole nitrogens is 1. The first-order valence-corrected chi connectivity index (χ1v) is 20.6. The van der Waals surface area contributed by atoms with Crippen LogP contribution in [0.15, 0.2) is 197 Å². The number of carboxylic acids is 2. The average molecular weight is 916 g/mol. The van der Waals surface area contributed by atoms with Crippen molar-refractivity contribution in [2.24, 2.45) is 0 Å². The van der Waals surface area contributed by atoms with E-state index >= 15 is 0 Å². The highest BCUT2D eigenvalue weighted by atomic mass is 127. The molecule has 0 saturated carbocycles. The van der Waals surface area contributed by atoms with Crippen molar-refractivity contribution in [2.45, 2.75) is 14.7 Å². The van der Waals surface area contributed by atoms with Crippen LogP contribution in [-0.2, 0) is 10.9 Å². The summed E-state index contributed by atoms with van der Waals surface area (Å²) in [5.74, 6) is -15.5. The minimum atomic E-state index is -2.47.